The molecule has 1 aliphatic rings. The number of hydrogen-bond acceptors (Lipinski definition) is 3. The standard InChI is InChI=1S/C4H5NS.C4H8O.C2H6/c1-4-5-2-3-6-4;5-3-4-1-2-4;1-2/h2-3H,1H3;4-5H,1-3H2;1-2H3. The van der Waals surface area contributed by atoms with Crippen molar-refractivity contribution in [2.45, 2.75) is 33.6 Å². The van der Waals surface area contributed by atoms with Crippen LogP contribution in [0.5, 0.6) is 0 Å². The van der Waals surface area contributed by atoms with Crippen molar-refractivity contribution in [3.63, 3.8) is 0 Å². The molecule has 2 rings (SSSR count). The van der Waals surface area contributed by atoms with Gasteiger partial charge < -0.3 is 5.11 Å². The minimum Gasteiger partial charge on any atom is -0.396 e. The van der Waals surface area contributed by atoms with Crippen molar-refractivity contribution in [1.29, 1.82) is 0 Å². The van der Waals surface area contributed by atoms with Gasteiger partial charge in [0.25, 0.3) is 0 Å². The smallest absolute Gasteiger partial charge is 0.0893 e. The predicted molar refractivity (Wildman–Crippen MR) is 58.0 cm³/mol. The SMILES string of the molecule is CC.Cc1nccs1.OCC1CC1. The Kier molecular flexibility index (Phi) is 7.94. The lowest BCUT2D eigenvalue weighted by Crippen LogP contribution is -1.78. The third-order valence-corrected chi connectivity index (χ3v) is 2.22. The molecule has 0 atom stereocenters. The fourth-order valence-electron chi connectivity index (χ4n) is 0.595. The lowest BCUT2D eigenvalue weighted by molar-refractivity contribution is 0.277. The van der Waals surface area contributed by atoms with Crippen LogP contribution in [-0.2, 0) is 0 Å². The molecule has 0 aliphatic heterocycles. The van der Waals surface area contributed by atoms with Crippen LogP contribution < -0.4 is 0 Å². The summed E-state index contributed by atoms with van der Waals surface area (Å²) in [5.41, 5.74) is 0. The van der Waals surface area contributed by atoms with Gasteiger partial charge in [-0.1, -0.05) is 13.8 Å². The topological polar surface area (TPSA) is 33.1 Å². The average molecular weight is 201 g/mol. The van der Waals surface area contributed by atoms with Gasteiger partial charge in [0.15, 0.2) is 0 Å². The van der Waals surface area contributed by atoms with Gasteiger partial charge >= 0.3 is 0 Å². The summed E-state index contributed by atoms with van der Waals surface area (Å²) in [4.78, 5) is 3.94. The second-order valence-electron chi connectivity index (χ2n) is 2.68. The molecular formula is C10H19NOS. The second kappa shape index (κ2) is 8.20. The van der Waals surface area contributed by atoms with Gasteiger partial charge in [-0.2, -0.15) is 0 Å². The third kappa shape index (κ3) is 7.94. The molecule has 13 heavy (non-hydrogen) atoms. The Morgan fingerprint density at radius 3 is 2.23 bits per heavy atom. The van der Waals surface area contributed by atoms with Crippen molar-refractivity contribution < 1.29 is 5.11 Å². The second-order valence-corrected chi connectivity index (χ2v) is 3.78. The zero-order chi connectivity index (χ0) is 10.1. The van der Waals surface area contributed by atoms with Gasteiger partial charge in [0.2, 0.25) is 0 Å². The molecule has 0 amide bonds. The predicted octanol–water partition coefficient (Wildman–Crippen LogP) is 2.87. The monoisotopic (exact) mass is 201 g/mol. The Hall–Kier alpha value is -0.410. The highest BCUT2D eigenvalue weighted by atomic mass is 32.1. The summed E-state index contributed by atoms with van der Waals surface area (Å²) < 4.78 is 0. The van der Waals surface area contributed by atoms with Gasteiger partial charge in [-0.25, -0.2) is 0 Å². The minimum absolute atomic E-state index is 0.417. The van der Waals surface area contributed by atoms with Gasteiger partial charge in [0, 0.05) is 18.2 Å². The van der Waals surface area contributed by atoms with E-state index in [0.717, 1.165) is 5.01 Å². The Bertz CT molecular complexity index is 183. The molecule has 1 N–H and O–H groups in total. The van der Waals surface area contributed by atoms with Crippen molar-refractivity contribution in [2.24, 2.45) is 5.92 Å². The molecule has 0 radical (unpaired) electrons. The van der Waals surface area contributed by atoms with Gasteiger partial charge in [-0.15, -0.1) is 11.3 Å². The highest BCUT2D eigenvalue weighted by molar-refractivity contribution is 7.09. The van der Waals surface area contributed by atoms with E-state index >= 15 is 0 Å². The molecule has 1 heterocycles. The maximum absolute atomic E-state index is 8.21. The molecule has 1 aromatic rings. The lowest BCUT2D eigenvalue weighted by atomic mass is 10.5. The van der Waals surface area contributed by atoms with E-state index < -0.39 is 0 Å². The van der Waals surface area contributed by atoms with Crippen molar-refractivity contribution in [2.75, 3.05) is 6.61 Å². The van der Waals surface area contributed by atoms with E-state index in [1.54, 1.807) is 17.5 Å². The summed E-state index contributed by atoms with van der Waals surface area (Å²) in [6.07, 6.45) is 4.33. The Balaban J connectivity index is 0.000000189. The van der Waals surface area contributed by atoms with Crippen LogP contribution >= 0.6 is 11.3 Å². The molecular weight excluding hydrogens is 182 g/mol. The van der Waals surface area contributed by atoms with E-state index in [1.807, 2.05) is 26.2 Å². The van der Waals surface area contributed by atoms with Crippen LogP contribution in [0.2, 0.25) is 0 Å². The van der Waals surface area contributed by atoms with Gasteiger partial charge in [-0.05, 0) is 25.7 Å². The molecule has 1 saturated carbocycles. The van der Waals surface area contributed by atoms with Crippen molar-refractivity contribution in [3.8, 4) is 0 Å². The van der Waals surface area contributed by atoms with Crippen LogP contribution in [0.15, 0.2) is 11.6 Å². The van der Waals surface area contributed by atoms with Crippen LogP contribution in [0.1, 0.15) is 31.7 Å². The van der Waals surface area contributed by atoms with E-state index in [0.29, 0.717) is 12.5 Å². The largest absolute Gasteiger partial charge is 0.396 e. The first kappa shape index (κ1) is 12.6. The Morgan fingerprint density at radius 1 is 1.54 bits per heavy atom. The number of hydrogen-bond donors (Lipinski definition) is 1. The average Bonchev–Trinajstić information content (AvgIpc) is 2.92. The molecule has 0 spiro atoms. The first-order chi connectivity index (χ1) is 6.33. The number of thiazole rings is 1. The van der Waals surface area contributed by atoms with E-state index in [4.69, 9.17) is 5.11 Å². The Labute approximate surface area is 84.6 Å². The number of aromatic nitrogens is 1. The van der Waals surface area contributed by atoms with E-state index in [-0.39, 0.29) is 0 Å². The molecule has 1 aliphatic carbocycles. The zero-order valence-corrected chi connectivity index (χ0v) is 9.47. The molecule has 0 saturated heterocycles. The van der Waals surface area contributed by atoms with Crippen LogP contribution in [0.4, 0.5) is 0 Å². The first-order valence-corrected chi connectivity index (χ1v) is 5.68. The third-order valence-electron chi connectivity index (χ3n) is 1.51. The van der Waals surface area contributed by atoms with E-state index in [2.05, 4.69) is 4.98 Å². The van der Waals surface area contributed by atoms with E-state index in [9.17, 15) is 0 Å². The normalized spacial score (nSPS) is 13.5. The zero-order valence-electron chi connectivity index (χ0n) is 8.66. The Morgan fingerprint density at radius 2 is 2.15 bits per heavy atom. The summed E-state index contributed by atoms with van der Waals surface area (Å²) in [5, 5.41) is 11.3. The number of aliphatic hydroxyl groups excluding tert-OH is 1. The summed E-state index contributed by atoms with van der Waals surface area (Å²) in [6, 6.07) is 0. The summed E-state index contributed by atoms with van der Waals surface area (Å²) in [6.45, 7) is 6.41. The van der Waals surface area contributed by atoms with Crippen molar-refractivity contribution in [1.82, 2.24) is 4.98 Å². The molecule has 3 heteroatoms. The van der Waals surface area contributed by atoms with Crippen LogP contribution in [0, 0.1) is 12.8 Å². The number of nitrogens with zero attached hydrogens (tertiary/aromatic N) is 1. The lowest BCUT2D eigenvalue weighted by Gasteiger charge is -1.73. The summed E-state index contributed by atoms with van der Waals surface area (Å²) in [7, 11) is 0. The number of rotatable bonds is 1. The first-order valence-electron chi connectivity index (χ1n) is 4.80. The van der Waals surface area contributed by atoms with E-state index in [1.165, 1.54) is 12.8 Å². The van der Waals surface area contributed by atoms with Crippen LogP contribution in [-0.4, -0.2) is 16.7 Å². The fourth-order valence-corrected chi connectivity index (χ4v) is 1.04. The summed E-state index contributed by atoms with van der Waals surface area (Å²) >= 11 is 1.67. The van der Waals surface area contributed by atoms with Crippen LogP contribution in [0.3, 0.4) is 0 Å². The highest BCUT2D eigenvalue weighted by Gasteiger charge is 2.18. The minimum atomic E-state index is 0.417. The maximum Gasteiger partial charge on any atom is 0.0893 e. The summed E-state index contributed by atoms with van der Waals surface area (Å²) in [5.74, 6) is 0.690. The molecule has 0 aromatic carbocycles. The maximum atomic E-state index is 8.21. The number of aryl methyl sites for hydroxylation is 1. The van der Waals surface area contributed by atoms with Gasteiger partial charge in [0.05, 0.1) is 5.01 Å². The quantitative estimate of drug-likeness (QED) is 0.758. The molecule has 0 unspecified atom stereocenters. The molecule has 1 aromatic heterocycles. The highest BCUT2D eigenvalue weighted by Crippen LogP contribution is 2.27. The van der Waals surface area contributed by atoms with Gasteiger partial charge in [-0.3, -0.25) is 4.98 Å². The fraction of sp³-hybridized carbons (Fsp3) is 0.700. The molecule has 2 nitrogen and oxygen atoms in total. The van der Waals surface area contributed by atoms with Gasteiger partial charge in [0.1, 0.15) is 0 Å². The number of aliphatic hydroxyl groups is 1. The molecule has 0 bridgehead atoms. The molecule has 1 fully saturated rings. The van der Waals surface area contributed by atoms with Crippen LogP contribution in [0.25, 0.3) is 0 Å². The van der Waals surface area contributed by atoms with Crippen molar-refractivity contribution in [3.05, 3.63) is 16.6 Å². The molecule has 76 valence electrons. The van der Waals surface area contributed by atoms with Crippen molar-refractivity contribution >= 4 is 11.3 Å².